The van der Waals surface area contributed by atoms with Crippen LogP contribution in [0.3, 0.4) is 0 Å². The first-order valence-corrected chi connectivity index (χ1v) is 9.09. The molecule has 140 valence electrons. The van der Waals surface area contributed by atoms with Crippen LogP contribution in [0.15, 0.2) is 23.8 Å². The van der Waals surface area contributed by atoms with Crippen molar-refractivity contribution < 1.29 is 24.9 Å². The molecule has 5 nitrogen and oxygen atoms in total. The predicted molar refractivity (Wildman–Crippen MR) is 95.1 cm³/mol. The number of aliphatic hydroxyl groups is 1. The van der Waals surface area contributed by atoms with Gasteiger partial charge in [-0.3, -0.25) is 4.79 Å². The first-order valence-electron chi connectivity index (χ1n) is 9.09. The Kier molecular flexibility index (Phi) is 5.77. The number of carboxylic acids is 2. The summed E-state index contributed by atoms with van der Waals surface area (Å²) in [4.78, 5) is 22.8. The number of aliphatic carboxylic acids is 2. The lowest BCUT2D eigenvalue weighted by atomic mass is 9.46. The topological polar surface area (TPSA) is 94.8 Å². The molecule has 2 aliphatic carbocycles. The van der Waals surface area contributed by atoms with Gasteiger partial charge in [0, 0.05) is 6.08 Å². The van der Waals surface area contributed by atoms with Crippen LogP contribution in [0, 0.1) is 22.7 Å². The van der Waals surface area contributed by atoms with E-state index in [0.717, 1.165) is 37.3 Å². The number of fused-ring (bicyclic) bond motifs is 1. The molecule has 25 heavy (non-hydrogen) atoms. The molecule has 0 radical (unpaired) electrons. The molecule has 0 heterocycles. The van der Waals surface area contributed by atoms with E-state index in [0.29, 0.717) is 24.8 Å². The van der Waals surface area contributed by atoms with E-state index in [9.17, 15) is 19.8 Å². The first kappa shape index (κ1) is 19.7. The van der Waals surface area contributed by atoms with E-state index in [2.05, 4.69) is 13.5 Å². The van der Waals surface area contributed by atoms with E-state index in [-0.39, 0.29) is 23.9 Å². The Morgan fingerprint density at radius 3 is 2.52 bits per heavy atom. The van der Waals surface area contributed by atoms with E-state index >= 15 is 0 Å². The maximum absolute atomic E-state index is 12.0. The molecular formula is C20H30O5. The van der Waals surface area contributed by atoms with Crippen molar-refractivity contribution in [2.75, 3.05) is 6.61 Å². The summed E-state index contributed by atoms with van der Waals surface area (Å²) in [7, 11) is 0. The lowest BCUT2D eigenvalue weighted by Gasteiger charge is -2.57. The molecule has 4 atom stereocenters. The molecule has 0 aliphatic heterocycles. The Labute approximate surface area is 149 Å². The maximum Gasteiger partial charge on any atom is 0.328 e. The number of carboxylic acid groups (broad SMARTS) is 2. The number of carbonyl (C=O) groups is 2. The SMILES string of the molecule is C=C1CC[C@@H]2[C@](C)(CCC[C@]2(C)C(=O)O)[C@H]1CC/C(=C\C(=O)O)CO. The van der Waals surface area contributed by atoms with Gasteiger partial charge >= 0.3 is 11.9 Å². The van der Waals surface area contributed by atoms with Gasteiger partial charge in [-0.1, -0.05) is 25.5 Å². The van der Waals surface area contributed by atoms with Crippen LogP contribution in [0.25, 0.3) is 0 Å². The number of hydrogen-bond acceptors (Lipinski definition) is 3. The zero-order chi connectivity index (χ0) is 18.8. The van der Waals surface area contributed by atoms with E-state index in [1.807, 2.05) is 6.92 Å². The Balaban J connectivity index is 2.26. The average molecular weight is 350 g/mol. The van der Waals surface area contributed by atoms with Gasteiger partial charge in [-0.15, -0.1) is 0 Å². The minimum absolute atomic E-state index is 0.0998. The fourth-order valence-corrected chi connectivity index (χ4v) is 5.44. The van der Waals surface area contributed by atoms with Crippen molar-refractivity contribution in [1.29, 1.82) is 0 Å². The quantitative estimate of drug-likeness (QED) is 0.502. The molecule has 0 aromatic carbocycles. The number of hydrogen-bond donors (Lipinski definition) is 3. The van der Waals surface area contributed by atoms with Crippen LogP contribution in [-0.4, -0.2) is 33.9 Å². The van der Waals surface area contributed by atoms with Gasteiger partial charge in [0.2, 0.25) is 0 Å². The van der Waals surface area contributed by atoms with Gasteiger partial charge in [0.05, 0.1) is 12.0 Å². The molecular weight excluding hydrogens is 320 g/mol. The fourth-order valence-electron chi connectivity index (χ4n) is 5.44. The van der Waals surface area contributed by atoms with Crippen molar-refractivity contribution in [3.8, 4) is 0 Å². The number of allylic oxidation sites excluding steroid dienone is 1. The number of aliphatic hydroxyl groups excluding tert-OH is 1. The van der Waals surface area contributed by atoms with Gasteiger partial charge in [-0.2, -0.15) is 0 Å². The third-order valence-electron chi connectivity index (χ3n) is 6.79. The smallest absolute Gasteiger partial charge is 0.328 e. The van der Waals surface area contributed by atoms with Gasteiger partial charge in [0.25, 0.3) is 0 Å². The van der Waals surface area contributed by atoms with Crippen LogP contribution in [0.5, 0.6) is 0 Å². The normalized spacial score (nSPS) is 36.0. The van der Waals surface area contributed by atoms with Crippen LogP contribution >= 0.6 is 0 Å². The van der Waals surface area contributed by atoms with Crippen molar-refractivity contribution in [2.24, 2.45) is 22.7 Å². The van der Waals surface area contributed by atoms with Crippen LogP contribution in [0.2, 0.25) is 0 Å². The van der Waals surface area contributed by atoms with Gasteiger partial charge in [-0.05, 0) is 68.3 Å². The Morgan fingerprint density at radius 1 is 1.28 bits per heavy atom. The van der Waals surface area contributed by atoms with Gasteiger partial charge in [0.1, 0.15) is 0 Å². The lowest BCUT2D eigenvalue weighted by Crippen LogP contribution is -2.53. The minimum Gasteiger partial charge on any atom is -0.481 e. The van der Waals surface area contributed by atoms with Crippen LogP contribution in [0.1, 0.15) is 58.8 Å². The zero-order valence-electron chi connectivity index (χ0n) is 15.3. The molecule has 0 bridgehead atoms. The third kappa shape index (κ3) is 3.66. The molecule has 0 aromatic heterocycles. The summed E-state index contributed by atoms with van der Waals surface area (Å²) in [5, 5.41) is 28.1. The van der Waals surface area contributed by atoms with Crippen LogP contribution in [-0.2, 0) is 9.59 Å². The molecule has 3 N–H and O–H groups in total. The van der Waals surface area contributed by atoms with Gasteiger partial charge in [-0.25, -0.2) is 4.79 Å². The number of rotatable bonds is 6. The summed E-state index contributed by atoms with van der Waals surface area (Å²) >= 11 is 0. The molecule has 0 saturated heterocycles. The van der Waals surface area contributed by atoms with E-state index < -0.39 is 17.4 Å². The summed E-state index contributed by atoms with van der Waals surface area (Å²) in [6.07, 6.45) is 6.53. The molecule has 2 rings (SSSR count). The second-order valence-electron chi connectivity index (χ2n) is 8.22. The summed E-state index contributed by atoms with van der Waals surface area (Å²) in [5.74, 6) is -1.50. The summed E-state index contributed by atoms with van der Waals surface area (Å²) in [5.41, 5.74) is 0.802. The first-order chi connectivity index (χ1) is 11.6. The van der Waals surface area contributed by atoms with Crippen molar-refractivity contribution in [3.05, 3.63) is 23.8 Å². The largest absolute Gasteiger partial charge is 0.481 e. The lowest BCUT2D eigenvalue weighted by molar-refractivity contribution is -0.164. The monoisotopic (exact) mass is 350 g/mol. The molecule has 5 heteroatoms. The Hall–Kier alpha value is -1.62. The molecule has 2 fully saturated rings. The molecule has 0 amide bonds. The predicted octanol–water partition coefficient (Wildman–Crippen LogP) is 3.63. The Bertz CT molecular complexity index is 593. The van der Waals surface area contributed by atoms with Crippen LogP contribution < -0.4 is 0 Å². The van der Waals surface area contributed by atoms with Crippen molar-refractivity contribution in [1.82, 2.24) is 0 Å². The summed E-state index contributed by atoms with van der Waals surface area (Å²) < 4.78 is 0. The second-order valence-corrected chi connectivity index (χ2v) is 8.22. The van der Waals surface area contributed by atoms with Crippen LogP contribution in [0.4, 0.5) is 0 Å². The summed E-state index contributed by atoms with van der Waals surface area (Å²) in [6.45, 7) is 8.05. The highest BCUT2D eigenvalue weighted by Gasteiger charge is 2.57. The molecule has 0 aromatic rings. The van der Waals surface area contributed by atoms with E-state index in [1.165, 1.54) is 0 Å². The fraction of sp³-hybridized carbons (Fsp3) is 0.700. The minimum atomic E-state index is -1.05. The molecule has 0 unspecified atom stereocenters. The summed E-state index contributed by atoms with van der Waals surface area (Å²) in [6, 6.07) is 0. The van der Waals surface area contributed by atoms with Crippen molar-refractivity contribution in [3.63, 3.8) is 0 Å². The van der Waals surface area contributed by atoms with Gasteiger partial charge in [0.15, 0.2) is 0 Å². The highest BCUT2D eigenvalue weighted by molar-refractivity contribution is 5.80. The maximum atomic E-state index is 12.0. The van der Waals surface area contributed by atoms with Gasteiger partial charge < -0.3 is 15.3 Å². The van der Waals surface area contributed by atoms with E-state index in [1.54, 1.807) is 0 Å². The molecule has 0 spiro atoms. The van der Waals surface area contributed by atoms with Crippen molar-refractivity contribution in [2.45, 2.75) is 58.8 Å². The second kappa shape index (κ2) is 7.32. The van der Waals surface area contributed by atoms with Crippen molar-refractivity contribution >= 4 is 11.9 Å². The Morgan fingerprint density at radius 2 is 1.96 bits per heavy atom. The highest BCUT2D eigenvalue weighted by atomic mass is 16.4. The highest BCUT2D eigenvalue weighted by Crippen LogP contribution is 2.62. The zero-order valence-corrected chi connectivity index (χ0v) is 15.3. The van der Waals surface area contributed by atoms with E-state index in [4.69, 9.17) is 5.11 Å². The standard InChI is InChI=1S/C20H30O5/c1-13-5-8-16-19(2,9-4-10-20(16,3)18(24)25)15(13)7-6-14(12-21)11-17(22)23/h11,15-16,21H,1,4-10,12H2,2-3H3,(H,22,23)(H,24,25)/b14-11+/t15-,16+,19+,20-/m0/s1. The third-order valence-corrected chi connectivity index (χ3v) is 6.79. The average Bonchev–Trinajstić information content (AvgIpc) is 2.52. The molecule has 2 saturated carbocycles. The molecule has 2 aliphatic rings.